The summed E-state index contributed by atoms with van der Waals surface area (Å²) >= 11 is 0. The van der Waals surface area contributed by atoms with Gasteiger partial charge in [0, 0.05) is 72.5 Å². The van der Waals surface area contributed by atoms with Crippen molar-refractivity contribution in [2.75, 3.05) is 44.2 Å². The summed E-state index contributed by atoms with van der Waals surface area (Å²) in [5.41, 5.74) is 4.93. The molecular weight excluding hydrogens is 715 g/mol. The van der Waals surface area contributed by atoms with E-state index in [1.54, 1.807) is 12.4 Å². The number of nitrogens with one attached hydrogen (secondary N) is 1. The summed E-state index contributed by atoms with van der Waals surface area (Å²) in [7, 11) is 0. The van der Waals surface area contributed by atoms with Gasteiger partial charge in [0.2, 0.25) is 12.1 Å². The summed E-state index contributed by atoms with van der Waals surface area (Å²) in [6.45, 7) is 21.3. The molecule has 11 nitrogen and oxygen atoms in total. The minimum absolute atomic E-state index is 0.0236. The molecule has 1 aromatic carbocycles. The van der Waals surface area contributed by atoms with Gasteiger partial charge in [0.15, 0.2) is 17.6 Å². The van der Waals surface area contributed by atoms with Crippen LogP contribution in [0, 0.1) is 17.8 Å². The number of hydrogen-bond acceptors (Lipinski definition) is 9. The summed E-state index contributed by atoms with van der Waals surface area (Å²) in [5, 5.41) is 3.25. The number of carbonyl (C=O) groups excluding carboxylic acids is 3. The van der Waals surface area contributed by atoms with Crippen molar-refractivity contribution in [3.8, 4) is 17.0 Å². The van der Waals surface area contributed by atoms with Crippen LogP contribution in [0.1, 0.15) is 101 Å². The van der Waals surface area contributed by atoms with Crippen molar-refractivity contribution < 1.29 is 23.8 Å². The van der Waals surface area contributed by atoms with Crippen LogP contribution in [0.15, 0.2) is 73.3 Å². The first kappa shape index (κ1) is 41.9. The average Bonchev–Trinajstić information content (AvgIpc) is 3.93. The number of fused-ring (bicyclic) bond motifs is 2. The maximum absolute atomic E-state index is 12.2. The molecule has 0 spiro atoms. The Bertz CT molecular complexity index is 1980. The Morgan fingerprint density at radius 1 is 0.807 bits per heavy atom. The fourth-order valence-electron chi connectivity index (χ4n) is 7.78. The molecule has 3 aliphatic heterocycles. The highest BCUT2D eigenvalue weighted by Gasteiger charge is 2.43. The van der Waals surface area contributed by atoms with Crippen LogP contribution < -0.4 is 14.3 Å². The summed E-state index contributed by atoms with van der Waals surface area (Å²) in [6.07, 6.45) is 10.9. The second-order valence-electron chi connectivity index (χ2n) is 17.2. The van der Waals surface area contributed by atoms with Crippen molar-refractivity contribution in [1.82, 2.24) is 24.9 Å². The van der Waals surface area contributed by atoms with Crippen LogP contribution in [0.4, 0.5) is 5.82 Å². The number of rotatable bonds is 16. The van der Waals surface area contributed by atoms with Gasteiger partial charge >= 0.3 is 0 Å². The Morgan fingerprint density at radius 3 is 2.16 bits per heavy atom. The van der Waals surface area contributed by atoms with E-state index in [2.05, 4.69) is 66.6 Å². The largest absolute Gasteiger partial charge is 0.471 e. The van der Waals surface area contributed by atoms with Gasteiger partial charge in [0.1, 0.15) is 17.7 Å². The highest BCUT2D eigenvalue weighted by Crippen LogP contribution is 2.31. The maximum Gasteiger partial charge on any atom is 0.214 e. The van der Waals surface area contributed by atoms with E-state index in [1.807, 2.05) is 84.1 Å². The quantitative estimate of drug-likeness (QED) is 0.0960. The van der Waals surface area contributed by atoms with E-state index in [-0.39, 0.29) is 35.4 Å². The highest BCUT2D eigenvalue weighted by atomic mass is 16.5. The van der Waals surface area contributed by atoms with Crippen molar-refractivity contribution in [2.24, 2.45) is 17.8 Å². The summed E-state index contributed by atoms with van der Waals surface area (Å²) in [6, 6.07) is 17.4. The van der Waals surface area contributed by atoms with Crippen molar-refractivity contribution >= 4 is 23.2 Å². The van der Waals surface area contributed by atoms with Gasteiger partial charge in [0.05, 0.1) is 31.4 Å². The van der Waals surface area contributed by atoms with E-state index < -0.39 is 0 Å². The average molecular weight is 777 g/mol. The number of hydrogen-bond donors (Lipinski definition) is 1. The van der Waals surface area contributed by atoms with Crippen LogP contribution in [0.3, 0.4) is 0 Å². The number of aryl methyl sites for hydroxylation is 1. The summed E-state index contributed by atoms with van der Waals surface area (Å²) < 4.78 is 8.12. The number of pyridine rings is 2. The molecule has 57 heavy (non-hydrogen) atoms. The molecule has 1 N–H and O–H groups in total. The van der Waals surface area contributed by atoms with E-state index in [0.717, 1.165) is 68.1 Å². The van der Waals surface area contributed by atoms with E-state index in [1.165, 1.54) is 12.0 Å². The lowest BCUT2D eigenvalue weighted by molar-refractivity contribution is -0.767. The summed E-state index contributed by atoms with van der Waals surface area (Å²) in [4.78, 5) is 52.2. The molecule has 0 saturated carbocycles. The Hall–Kier alpha value is -4.74. The molecule has 3 saturated heterocycles. The number of benzene rings is 1. The minimum Gasteiger partial charge on any atom is -0.471 e. The number of aromatic amines is 1. The van der Waals surface area contributed by atoms with Crippen LogP contribution in [0.2, 0.25) is 0 Å². The van der Waals surface area contributed by atoms with Gasteiger partial charge in [0.25, 0.3) is 0 Å². The van der Waals surface area contributed by atoms with Crippen LogP contribution in [-0.2, 0) is 11.2 Å². The maximum atomic E-state index is 12.2. The van der Waals surface area contributed by atoms with E-state index in [4.69, 9.17) is 4.74 Å². The Kier molecular flexibility index (Phi) is 13.7. The Morgan fingerprint density at radius 2 is 1.53 bits per heavy atom. The topological polar surface area (TPSA) is 116 Å². The van der Waals surface area contributed by atoms with Crippen molar-refractivity contribution in [1.29, 1.82) is 0 Å². The number of likely N-dealkylation sites (tertiary alicyclic amines) is 2. The van der Waals surface area contributed by atoms with E-state index in [0.29, 0.717) is 41.9 Å². The Balaban J connectivity index is 0.000000194. The molecule has 6 heterocycles. The predicted octanol–water partition coefficient (Wildman–Crippen LogP) is 6.89. The smallest absolute Gasteiger partial charge is 0.214 e. The summed E-state index contributed by atoms with van der Waals surface area (Å²) in [5.74, 6) is 2.36. The zero-order chi connectivity index (χ0) is 40.8. The van der Waals surface area contributed by atoms with E-state index >= 15 is 0 Å². The van der Waals surface area contributed by atoms with Crippen LogP contribution in [0.25, 0.3) is 11.1 Å². The molecule has 3 fully saturated rings. The minimum atomic E-state index is -0.0236. The zero-order valence-electron chi connectivity index (χ0n) is 35.1. The molecule has 0 amide bonds. The van der Waals surface area contributed by atoms with Crippen molar-refractivity contribution in [3.63, 3.8) is 0 Å². The third kappa shape index (κ3) is 10.6. The third-order valence-corrected chi connectivity index (χ3v) is 11.4. The van der Waals surface area contributed by atoms with E-state index in [9.17, 15) is 14.4 Å². The third-order valence-electron chi connectivity index (χ3n) is 11.4. The van der Waals surface area contributed by atoms with Gasteiger partial charge in [-0.05, 0) is 75.0 Å². The number of anilines is 1. The number of H-pyrrole nitrogens is 1. The first-order valence-corrected chi connectivity index (χ1v) is 20.9. The van der Waals surface area contributed by atoms with Gasteiger partial charge in [-0.1, -0.05) is 59.7 Å². The first-order valence-electron chi connectivity index (χ1n) is 20.9. The first-order chi connectivity index (χ1) is 27.2. The number of Topliss-reactive ketones (excluding diaryl/α,β-unsaturated/α-hetero) is 3. The normalized spacial score (nSPS) is 18.4. The molecule has 0 aliphatic carbocycles. The molecule has 4 aromatic rings. The lowest BCUT2D eigenvalue weighted by Crippen LogP contribution is -2.54. The van der Waals surface area contributed by atoms with Crippen molar-refractivity contribution in [2.45, 2.75) is 98.9 Å². The lowest BCUT2D eigenvalue weighted by Gasteiger charge is -2.39. The molecule has 2 atom stereocenters. The van der Waals surface area contributed by atoms with Crippen molar-refractivity contribution in [3.05, 3.63) is 90.0 Å². The van der Waals surface area contributed by atoms with Crippen LogP contribution in [-0.4, -0.2) is 99.7 Å². The van der Waals surface area contributed by atoms with Gasteiger partial charge in [-0.3, -0.25) is 24.2 Å². The molecule has 0 unspecified atom stereocenters. The monoisotopic (exact) mass is 776 g/mol. The number of piperazine rings is 1. The molecule has 304 valence electrons. The Labute approximate surface area is 338 Å². The fourth-order valence-corrected chi connectivity index (χ4v) is 7.78. The molecule has 2 bridgehead atoms. The molecule has 7 rings (SSSR count). The number of aromatic nitrogens is 4. The zero-order valence-corrected chi connectivity index (χ0v) is 35.1. The van der Waals surface area contributed by atoms with Gasteiger partial charge in [-0.25, -0.2) is 9.97 Å². The van der Waals surface area contributed by atoms with Gasteiger partial charge in [-0.15, -0.1) is 4.68 Å². The molecular formula is C46H62N7O4+. The predicted molar refractivity (Wildman–Crippen MR) is 224 cm³/mol. The second kappa shape index (κ2) is 18.7. The van der Waals surface area contributed by atoms with Crippen LogP contribution in [0.5, 0.6) is 5.88 Å². The lowest BCUT2D eigenvalue weighted by atomic mass is 9.98. The van der Waals surface area contributed by atoms with Gasteiger partial charge in [-0.2, -0.15) is 5.10 Å². The SMILES string of the molecule is CC(C)C(=O)CN1C[C@@H]2C[C@H]1CN2CCCc1cccc(C(=O)C(C)C)c1.CC(C)C(=O)c1ccc(N2CC(Oc3cc(-c4c[nH][n+](C(C)C)c4)ccn3)C2)nc1. The number of carbonyl (C=O) groups is 3. The fraction of sp³-hybridized carbons (Fsp3) is 0.522. The molecule has 11 heteroatoms. The number of ether oxygens (including phenoxy) is 1. The van der Waals surface area contributed by atoms with Crippen LogP contribution >= 0.6 is 0 Å². The molecule has 3 aliphatic rings. The second-order valence-corrected chi connectivity index (χ2v) is 17.2. The molecule has 0 radical (unpaired) electrons. The number of ketones is 3. The highest BCUT2D eigenvalue weighted by molar-refractivity contribution is 5.98. The molecule has 3 aromatic heterocycles. The van der Waals surface area contributed by atoms with Gasteiger partial charge < -0.3 is 9.64 Å². The number of nitrogens with zero attached hydrogens (tertiary/aromatic N) is 6. The standard InChI is InChI=1S/C23H27N5O2.C23H34N2O2/c1-15(2)23(29)18-5-6-21(25-10-18)27-13-20(14-27)30-22-9-17(7-8-24-22)19-11-26-28(12-19)16(3)4;1-16(2)22(26)15-25-14-20-12-21(25)13-24(20)10-6-8-18-7-5-9-19(11-18)23(27)17(3)4/h5-12,15-16,20H,13-14H2,1-4H3;5,7,9,11,16-17,20-21H,6,8,10,12-15H2,1-4H3/p+1/t;20-,21-/m.0/s1.